The Labute approximate surface area is 148 Å². The van der Waals surface area contributed by atoms with Gasteiger partial charge in [0.25, 0.3) is 5.56 Å². The Balaban J connectivity index is 1.52. The number of aromatic nitrogens is 4. The van der Waals surface area contributed by atoms with E-state index in [1.54, 1.807) is 42.7 Å². The predicted octanol–water partition coefficient (Wildman–Crippen LogP) is -0.381. The Morgan fingerprint density at radius 1 is 1.04 bits per heavy atom. The minimum Gasteiger partial charge on any atom is -0.350 e. The van der Waals surface area contributed by atoms with Crippen LogP contribution in [0.2, 0.25) is 0 Å². The van der Waals surface area contributed by atoms with E-state index < -0.39 is 11.5 Å². The van der Waals surface area contributed by atoms with Crippen LogP contribution in [0.5, 0.6) is 0 Å². The number of rotatable bonds is 6. The molecule has 2 aromatic heterocycles. The van der Waals surface area contributed by atoms with Crippen LogP contribution >= 0.6 is 0 Å². The van der Waals surface area contributed by atoms with E-state index in [0.717, 1.165) is 10.2 Å². The molecule has 0 aliphatic carbocycles. The summed E-state index contributed by atoms with van der Waals surface area (Å²) in [5.41, 5.74) is 0.904. The number of pyridine rings is 1. The third-order valence-electron chi connectivity index (χ3n) is 3.58. The van der Waals surface area contributed by atoms with Crippen LogP contribution in [0.4, 0.5) is 0 Å². The van der Waals surface area contributed by atoms with Gasteiger partial charge < -0.3 is 10.6 Å². The molecule has 0 saturated heterocycles. The van der Waals surface area contributed by atoms with E-state index in [0.29, 0.717) is 17.4 Å². The maximum atomic E-state index is 12.3. The second-order valence-electron chi connectivity index (χ2n) is 5.48. The summed E-state index contributed by atoms with van der Waals surface area (Å²) in [6.07, 6.45) is 3.28. The van der Waals surface area contributed by atoms with E-state index in [9.17, 15) is 14.4 Å². The Hall–Kier alpha value is -3.62. The monoisotopic (exact) mass is 352 g/mol. The molecule has 0 bridgehead atoms. The van der Waals surface area contributed by atoms with E-state index >= 15 is 0 Å². The van der Waals surface area contributed by atoms with Gasteiger partial charge in [-0.2, -0.15) is 0 Å². The molecule has 2 heterocycles. The molecule has 3 aromatic rings. The van der Waals surface area contributed by atoms with Crippen LogP contribution in [0, 0.1) is 0 Å². The predicted molar refractivity (Wildman–Crippen MR) is 92.9 cm³/mol. The minimum absolute atomic E-state index is 0.200. The third-order valence-corrected chi connectivity index (χ3v) is 3.58. The molecule has 1 aromatic carbocycles. The van der Waals surface area contributed by atoms with Crippen molar-refractivity contribution in [1.82, 2.24) is 30.6 Å². The van der Waals surface area contributed by atoms with Crippen LogP contribution in [-0.4, -0.2) is 38.3 Å². The highest BCUT2D eigenvalue weighted by molar-refractivity contribution is 5.84. The molecule has 0 atom stereocenters. The lowest BCUT2D eigenvalue weighted by atomic mass is 10.2. The molecule has 0 radical (unpaired) electrons. The average molecular weight is 352 g/mol. The normalized spacial score (nSPS) is 10.5. The molecular weight excluding hydrogens is 336 g/mol. The van der Waals surface area contributed by atoms with Crippen molar-refractivity contribution >= 4 is 22.7 Å². The van der Waals surface area contributed by atoms with E-state index in [4.69, 9.17) is 0 Å². The first-order valence-electron chi connectivity index (χ1n) is 7.88. The molecule has 0 unspecified atom stereocenters. The van der Waals surface area contributed by atoms with Crippen molar-refractivity contribution in [2.45, 2.75) is 13.1 Å². The van der Waals surface area contributed by atoms with Crippen LogP contribution in [0.1, 0.15) is 5.56 Å². The van der Waals surface area contributed by atoms with Gasteiger partial charge in [-0.1, -0.05) is 23.4 Å². The molecule has 26 heavy (non-hydrogen) atoms. The molecule has 0 spiro atoms. The van der Waals surface area contributed by atoms with E-state index in [2.05, 4.69) is 25.9 Å². The van der Waals surface area contributed by atoms with Crippen LogP contribution in [-0.2, 0) is 22.7 Å². The summed E-state index contributed by atoms with van der Waals surface area (Å²) in [6, 6.07) is 10.3. The largest absolute Gasteiger partial charge is 0.350 e. The van der Waals surface area contributed by atoms with Gasteiger partial charge in [0, 0.05) is 18.9 Å². The molecule has 9 nitrogen and oxygen atoms in total. The number of carbonyl (C=O) groups is 2. The summed E-state index contributed by atoms with van der Waals surface area (Å²) in [4.78, 5) is 39.9. The summed E-state index contributed by atoms with van der Waals surface area (Å²) in [5, 5.41) is 13.1. The number of nitrogens with one attached hydrogen (secondary N) is 2. The average Bonchev–Trinajstić information content (AvgIpc) is 2.68. The molecule has 9 heteroatoms. The van der Waals surface area contributed by atoms with Gasteiger partial charge in [-0.05, 0) is 23.8 Å². The van der Waals surface area contributed by atoms with Crippen molar-refractivity contribution in [2.24, 2.45) is 0 Å². The van der Waals surface area contributed by atoms with Gasteiger partial charge in [0.2, 0.25) is 11.8 Å². The number of hydrogen-bond donors (Lipinski definition) is 2. The zero-order chi connectivity index (χ0) is 18.4. The second-order valence-corrected chi connectivity index (χ2v) is 5.48. The number of benzene rings is 1. The Bertz CT molecular complexity index is 986. The lowest BCUT2D eigenvalue weighted by molar-refractivity contribution is -0.126. The summed E-state index contributed by atoms with van der Waals surface area (Å²) in [6.45, 7) is -0.195. The number of amides is 2. The summed E-state index contributed by atoms with van der Waals surface area (Å²) in [7, 11) is 0. The van der Waals surface area contributed by atoms with Crippen molar-refractivity contribution < 1.29 is 9.59 Å². The van der Waals surface area contributed by atoms with Crippen molar-refractivity contribution in [2.75, 3.05) is 6.54 Å². The molecule has 2 amide bonds. The quantitative estimate of drug-likeness (QED) is 0.624. The summed E-state index contributed by atoms with van der Waals surface area (Å²) >= 11 is 0. The zero-order valence-electron chi connectivity index (χ0n) is 13.8. The van der Waals surface area contributed by atoms with Crippen molar-refractivity contribution in [3.8, 4) is 0 Å². The van der Waals surface area contributed by atoms with Crippen LogP contribution in [0.25, 0.3) is 10.9 Å². The first-order chi connectivity index (χ1) is 12.6. The van der Waals surface area contributed by atoms with Gasteiger partial charge in [0.1, 0.15) is 12.1 Å². The highest BCUT2D eigenvalue weighted by Gasteiger charge is 2.10. The van der Waals surface area contributed by atoms with Crippen molar-refractivity contribution in [3.63, 3.8) is 0 Å². The Morgan fingerprint density at radius 2 is 1.88 bits per heavy atom. The van der Waals surface area contributed by atoms with Gasteiger partial charge in [-0.15, -0.1) is 5.10 Å². The standard InChI is InChI=1S/C17H16N6O3/c24-15(19-9-12-4-3-7-18-8-12)10-20-16(25)11-23-17(26)13-5-1-2-6-14(13)21-22-23/h1-8H,9-11H2,(H,19,24)(H,20,25). The number of carbonyl (C=O) groups excluding carboxylic acids is 2. The molecule has 2 N–H and O–H groups in total. The second kappa shape index (κ2) is 7.97. The van der Waals surface area contributed by atoms with Crippen LogP contribution in [0.15, 0.2) is 53.6 Å². The topological polar surface area (TPSA) is 119 Å². The number of hydrogen-bond acceptors (Lipinski definition) is 6. The third kappa shape index (κ3) is 4.26. The minimum atomic E-state index is -0.506. The first-order valence-corrected chi connectivity index (χ1v) is 7.88. The number of nitrogens with zero attached hydrogens (tertiary/aromatic N) is 4. The maximum Gasteiger partial charge on any atom is 0.278 e. The molecule has 3 rings (SSSR count). The summed E-state index contributed by atoms with van der Waals surface area (Å²) < 4.78 is 0.964. The first kappa shape index (κ1) is 17.2. The van der Waals surface area contributed by atoms with Crippen LogP contribution < -0.4 is 16.2 Å². The van der Waals surface area contributed by atoms with Gasteiger partial charge in [0.15, 0.2) is 0 Å². The van der Waals surface area contributed by atoms with E-state index in [1.807, 2.05) is 6.07 Å². The van der Waals surface area contributed by atoms with Crippen molar-refractivity contribution in [3.05, 3.63) is 64.7 Å². The molecule has 0 fully saturated rings. The number of fused-ring (bicyclic) bond motifs is 1. The Kier molecular flexibility index (Phi) is 5.28. The van der Waals surface area contributed by atoms with Crippen molar-refractivity contribution in [1.29, 1.82) is 0 Å². The van der Waals surface area contributed by atoms with Gasteiger partial charge >= 0.3 is 0 Å². The fraction of sp³-hybridized carbons (Fsp3) is 0.176. The SMILES string of the molecule is O=C(CNC(=O)Cn1nnc2ccccc2c1=O)NCc1cccnc1. The molecule has 0 saturated carbocycles. The van der Waals surface area contributed by atoms with Gasteiger partial charge in [-0.25, -0.2) is 4.68 Å². The highest BCUT2D eigenvalue weighted by atomic mass is 16.2. The lowest BCUT2D eigenvalue weighted by Gasteiger charge is -2.08. The smallest absolute Gasteiger partial charge is 0.278 e. The molecule has 0 aliphatic rings. The fourth-order valence-corrected chi connectivity index (χ4v) is 2.26. The lowest BCUT2D eigenvalue weighted by Crippen LogP contribution is -2.40. The zero-order valence-corrected chi connectivity index (χ0v) is 13.8. The van der Waals surface area contributed by atoms with E-state index in [1.165, 1.54) is 0 Å². The fourth-order valence-electron chi connectivity index (χ4n) is 2.26. The molecular formula is C17H16N6O3. The van der Waals surface area contributed by atoms with Gasteiger partial charge in [-0.3, -0.25) is 19.4 Å². The summed E-state index contributed by atoms with van der Waals surface area (Å²) in [5.74, 6) is -0.854. The Morgan fingerprint density at radius 3 is 2.69 bits per heavy atom. The highest BCUT2D eigenvalue weighted by Crippen LogP contribution is 2.03. The maximum absolute atomic E-state index is 12.3. The molecule has 0 aliphatic heterocycles. The van der Waals surface area contributed by atoms with Crippen LogP contribution in [0.3, 0.4) is 0 Å². The van der Waals surface area contributed by atoms with Gasteiger partial charge in [0.05, 0.1) is 11.9 Å². The van der Waals surface area contributed by atoms with E-state index in [-0.39, 0.29) is 19.0 Å². The molecule has 132 valence electrons.